The highest BCUT2D eigenvalue weighted by Gasteiger charge is 2.25. The van der Waals surface area contributed by atoms with E-state index in [0.29, 0.717) is 15.7 Å². The third-order valence-electron chi connectivity index (χ3n) is 3.81. The number of rotatable bonds is 4. The highest BCUT2D eigenvalue weighted by molar-refractivity contribution is 7.17. The number of hydrogen-bond acceptors (Lipinski definition) is 6. The lowest BCUT2D eigenvalue weighted by Crippen LogP contribution is -2.48. The molecule has 7 nitrogen and oxygen atoms in total. The number of nitrogens with one attached hydrogen (secondary N) is 1. The predicted octanol–water partition coefficient (Wildman–Crippen LogP) is 1.40. The van der Waals surface area contributed by atoms with Gasteiger partial charge in [-0.2, -0.15) is 5.10 Å². The summed E-state index contributed by atoms with van der Waals surface area (Å²) in [4.78, 5) is 26.3. The average Bonchev–Trinajstić information content (AvgIpc) is 3.17. The molecule has 3 rings (SSSR count). The number of aryl methyl sites for hydroxylation is 1. The number of piperazine rings is 1. The van der Waals surface area contributed by atoms with Gasteiger partial charge in [0.05, 0.1) is 5.69 Å². The zero-order chi connectivity index (χ0) is 15.5. The molecule has 0 radical (unpaired) electrons. The van der Waals surface area contributed by atoms with Gasteiger partial charge in [0.25, 0.3) is 5.91 Å². The van der Waals surface area contributed by atoms with Crippen LogP contribution in [0, 0.1) is 6.92 Å². The van der Waals surface area contributed by atoms with Gasteiger partial charge in [0.15, 0.2) is 10.8 Å². The number of aromatic nitrogens is 4. The minimum Gasteiger partial charge on any atom is -0.335 e. The van der Waals surface area contributed by atoms with Crippen molar-refractivity contribution in [1.82, 2.24) is 30.0 Å². The van der Waals surface area contributed by atoms with Crippen LogP contribution in [0.15, 0.2) is 6.33 Å². The van der Waals surface area contributed by atoms with Crippen LogP contribution in [-0.4, -0.2) is 68.6 Å². The summed E-state index contributed by atoms with van der Waals surface area (Å²) >= 11 is 1.38. The van der Waals surface area contributed by atoms with Gasteiger partial charge in [-0.05, 0) is 19.9 Å². The van der Waals surface area contributed by atoms with E-state index in [4.69, 9.17) is 0 Å². The molecule has 0 saturated carbocycles. The maximum atomic E-state index is 12.7. The summed E-state index contributed by atoms with van der Waals surface area (Å²) < 4.78 is 0. The first-order valence-corrected chi connectivity index (χ1v) is 8.35. The number of hydrogen-bond donors (Lipinski definition) is 1. The van der Waals surface area contributed by atoms with Crippen LogP contribution >= 0.6 is 11.3 Å². The summed E-state index contributed by atoms with van der Waals surface area (Å²) in [5.41, 5.74) is 0.761. The molecular weight excluding hydrogens is 300 g/mol. The van der Waals surface area contributed by atoms with Crippen LogP contribution in [0.1, 0.15) is 28.7 Å². The zero-order valence-corrected chi connectivity index (χ0v) is 13.7. The molecule has 22 heavy (non-hydrogen) atoms. The second-order valence-electron chi connectivity index (χ2n) is 5.40. The molecule has 1 fully saturated rings. The minimum atomic E-state index is 0.0805. The van der Waals surface area contributed by atoms with E-state index in [0.717, 1.165) is 44.8 Å². The lowest BCUT2D eigenvalue weighted by atomic mass is 10.2. The number of H-pyrrole nitrogens is 1. The summed E-state index contributed by atoms with van der Waals surface area (Å²) in [5.74, 6) is 0.692. The Morgan fingerprint density at radius 1 is 1.36 bits per heavy atom. The first-order valence-electron chi connectivity index (χ1n) is 7.54. The fraction of sp³-hybridized carbons (Fsp3) is 0.571. The molecule has 2 aromatic rings. The predicted molar refractivity (Wildman–Crippen MR) is 84.9 cm³/mol. The Hall–Kier alpha value is -1.80. The topological polar surface area (TPSA) is 78.0 Å². The number of carbonyl (C=O) groups is 1. The molecule has 0 aromatic carbocycles. The van der Waals surface area contributed by atoms with E-state index in [1.165, 1.54) is 17.7 Å². The molecule has 1 N–H and O–H groups in total. The van der Waals surface area contributed by atoms with Crippen molar-refractivity contribution in [3.63, 3.8) is 0 Å². The second-order valence-corrected chi connectivity index (χ2v) is 6.40. The van der Waals surface area contributed by atoms with E-state index in [1.807, 2.05) is 11.8 Å². The van der Waals surface area contributed by atoms with Crippen molar-refractivity contribution in [2.45, 2.75) is 20.3 Å². The number of nitrogens with zero attached hydrogens (tertiary/aromatic N) is 5. The highest BCUT2D eigenvalue weighted by Crippen LogP contribution is 2.26. The largest absolute Gasteiger partial charge is 0.335 e. The molecule has 0 spiro atoms. The summed E-state index contributed by atoms with van der Waals surface area (Å²) in [6.07, 6.45) is 2.60. The zero-order valence-electron chi connectivity index (χ0n) is 12.9. The molecule has 0 bridgehead atoms. The van der Waals surface area contributed by atoms with Gasteiger partial charge in [0, 0.05) is 26.2 Å². The Kier molecular flexibility index (Phi) is 4.49. The molecule has 8 heteroatoms. The van der Waals surface area contributed by atoms with Crippen molar-refractivity contribution in [1.29, 1.82) is 0 Å². The van der Waals surface area contributed by atoms with Crippen molar-refractivity contribution in [2.24, 2.45) is 0 Å². The van der Waals surface area contributed by atoms with E-state index in [-0.39, 0.29) is 5.91 Å². The smallest absolute Gasteiger partial charge is 0.265 e. The fourth-order valence-electron chi connectivity index (χ4n) is 2.64. The fourth-order valence-corrected chi connectivity index (χ4v) is 3.62. The third-order valence-corrected chi connectivity index (χ3v) is 4.96. The molecule has 1 aliphatic rings. The van der Waals surface area contributed by atoms with Crippen LogP contribution in [-0.2, 0) is 0 Å². The second kappa shape index (κ2) is 6.53. The maximum absolute atomic E-state index is 12.7. The van der Waals surface area contributed by atoms with Crippen molar-refractivity contribution in [3.8, 4) is 10.8 Å². The summed E-state index contributed by atoms with van der Waals surface area (Å²) in [5, 5.41) is 7.33. The van der Waals surface area contributed by atoms with Gasteiger partial charge >= 0.3 is 0 Å². The van der Waals surface area contributed by atoms with Gasteiger partial charge in [-0.3, -0.25) is 14.8 Å². The number of aromatic amines is 1. The first-order chi connectivity index (χ1) is 10.7. The van der Waals surface area contributed by atoms with Crippen molar-refractivity contribution >= 4 is 17.2 Å². The van der Waals surface area contributed by atoms with E-state index in [1.54, 1.807) is 0 Å². The normalized spacial score (nSPS) is 16.2. The lowest BCUT2D eigenvalue weighted by Gasteiger charge is -2.34. The lowest BCUT2D eigenvalue weighted by molar-refractivity contribution is 0.0641. The number of thiazole rings is 1. The van der Waals surface area contributed by atoms with Gasteiger partial charge in [-0.1, -0.05) is 6.92 Å². The Bertz CT molecular complexity index is 630. The number of carbonyl (C=O) groups excluding carboxylic acids is 1. The van der Waals surface area contributed by atoms with E-state index < -0.39 is 0 Å². The van der Waals surface area contributed by atoms with Gasteiger partial charge in [0.1, 0.15) is 11.2 Å². The van der Waals surface area contributed by atoms with Crippen LogP contribution in [0.25, 0.3) is 10.8 Å². The Morgan fingerprint density at radius 2 is 2.14 bits per heavy atom. The van der Waals surface area contributed by atoms with Crippen LogP contribution in [0.4, 0.5) is 0 Å². The van der Waals surface area contributed by atoms with Crippen molar-refractivity contribution < 1.29 is 4.79 Å². The average molecular weight is 320 g/mol. The van der Waals surface area contributed by atoms with Gasteiger partial charge in [0.2, 0.25) is 0 Å². The quantitative estimate of drug-likeness (QED) is 0.921. The Morgan fingerprint density at radius 3 is 2.77 bits per heavy atom. The number of amides is 1. The van der Waals surface area contributed by atoms with Crippen LogP contribution in [0.2, 0.25) is 0 Å². The monoisotopic (exact) mass is 320 g/mol. The van der Waals surface area contributed by atoms with E-state index in [9.17, 15) is 4.79 Å². The minimum absolute atomic E-state index is 0.0805. The SMILES string of the molecule is CCCN1CCN(C(=O)c2sc(-c3ncn[nH]3)nc2C)CC1. The van der Waals surface area contributed by atoms with Crippen LogP contribution in [0.5, 0.6) is 0 Å². The van der Waals surface area contributed by atoms with Gasteiger partial charge in [-0.25, -0.2) is 9.97 Å². The molecule has 3 heterocycles. The molecule has 0 atom stereocenters. The summed E-state index contributed by atoms with van der Waals surface area (Å²) in [6.45, 7) is 8.64. The van der Waals surface area contributed by atoms with E-state index >= 15 is 0 Å². The molecule has 1 amide bonds. The van der Waals surface area contributed by atoms with Gasteiger partial charge < -0.3 is 4.90 Å². The molecule has 2 aromatic heterocycles. The summed E-state index contributed by atoms with van der Waals surface area (Å²) in [7, 11) is 0. The molecule has 118 valence electrons. The molecule has 1 aliphatic heterocycles. The Labute approximate surface area is 133 Å². The van der Waals surface area contributed by atoms with Crippen LogP contribution in [0.3, 0.4) is 0 Å². The Balaban J connectivity index is 1.71. The van der Waals surface area contributed by atoms with E-state index in [2.05, 4.69) is 32.0 Å². The highest BCUT2D eigenvalue weighted by atomic mass is 32.1. The molecule has 0 aliphatic carbocycles. The maximum Gasteiger partial charge on any atom is 0.265 e. The molecule has 1 saturated heterocycles. The standard InChI is InChI=1S/C14H20N6OS/c1-3-4-19-5-7-20(8-6-19)14(21)11-10(2)17-13(22-11)12-15-9-16-18-12/h9H,3-8H2,1-2H3,(H,15,16,18). The van der Waals surface area contributed by atoms with Crippen molar-refractivity contribution in [3.05, 3.63) is 16.9 Å². The summed E-state index contributed by atoms with van der Waals surface area (Å²) in [6, 6.07) is 0. The molecular formula is C14H20N6OS. The molecule has 0 unspecified atom stereocenters. The third kappa shape index (κ3) is 3.02. The van der Waals surface area contributed by atoms with Crippen molar-refractivity contribution in [2.75, 3.05) is 32.7 Å². The first kappa shape index (κ1) is 15.1. The van der Waals surface area contributed by atoms with Gasteiger partial charge in [-0.15, -0.1) is 11.3 Å². The van der Waals surface area contributed by atoms with Crippen LogP contribution < -0.4 is 0 Å².